The van der Waals surface area contributed by atoms with E-state index in [1.165, 1.54) is 30.3 Å². The molecular formula is C23H18FN3O4. The summed E-state index contributed by atoms with van der Waals surface area (Å²) < 4.78 is 19.1. The highest BCUT2D eigenvalue weighted by atomic mass is 19.1. The van der Waals surface area contributed by atoms with Crippen LogP contribution in [0.25, 0.3) is 5.76 Å². The number of nitrogens with zero attached hydrogens (tertiary/aromatic N) is 3. The van der Waals surface area contributed by atoms with Crippen molar-refractivity contribution in [3.63, 3.8) is 0 Å². The number of methoxy groups -OCH3 is 1. The lowest BCUT2D eigenvalue weighted by Crippen LogP contribution is -2.29. The molecule has 0 aliphatic carbocycles. The summed E-state index contributed by atoms with van der Waals surface area (Å²) in [6, 6.07) is 9.51. The molecule has 1 unspecified atom stereocenters. The van der Waals surface area contributed by atoms with Gasteiger partial charge in [-0.15, -0.1) is 0 Å². The maximum Gasteiger partial charge on any atom is 0.295 e. The molecule has 1 aromatic carbocycles. The van der Waals surface area contributed by atoms with Crippen LogP contribution in [0.2, 0.25) is 0 Å². The summed E-state index contributed by atoms with van der Waals surface area (Å²) in [5, 5.41) is 11.1. The zero-order valence-electron chi connectivity index (χ0n) is 16.5. The molecule has 1 atom stereocenters. The van der Waals surface area contributed by atoms with Gasteiger partial charge in [0.05, 0.1) is 24.3 Å². The van der Waals surface area contributed by atoms with Crippen LogP contribution in [0.4, 0.5) is 4.39 Å². The van der Waals surface area contributed by atoms with Crippen molar-refractivity contribution in [3.05, 3.63) is 95.3 Å². The van der Waals surface area contributed by atoms with Crippen LogP contribution >= 0.6 is 0 Å². The molecule has 1 amide bonds. The van der Waals surface area contributed by atoms with Gasteiger partial charge in [-0.1, -0.05) is 6.07 Å². The van der Waals surface area contributed by atoms with Crippen molar-refractivity contribution in [2.45, 2.75) is 12.6 Å². The lowest BCUT2D eigenvalue weighted by atomic mass is 9.96. The Kier molecular flexibility index (Phi) is 5.44. The summed E-state index contributed by atoms with van der Waals surface area (Å²) in [4.78, 5) is 35.4. The molecule has 0 radical (unpaired) electrons. The van der Waals surface area contributed by atoms with Crippen LogP contribution in [0.5, 0.6) is 5.75 Å². The molecule has 1 aliphatic heterocycles. The van der Waals surface area contributed by atoms with Gasteiger partial charge in [0.2, 0.25) is 0 Å². The lowest BCUT2D eigenvalue weighted by molar-refractivity contribution is -0.140. The number of likely N-dealkylation sites (tertiary alicyclic amines) is 1. The molecule has 156 valence electrons. The average molecular weight is 419 g/mol. The van der Waals surface area contributed by atoms with Gasteiger partial charge in [-0.25, -0.2) is 4.39 Å². The number of ether oxygens (including phenoxy) is 1. The molecule has 31 heavy (non-hydrogen) atoms. The standard InChI is InChI=1S/C23H18FN3O4/c1-31-18-5-4-16(24)11-17(18)21(28)19-20(15-3-2-8-26-12-15)27(23(30)22(19)29)13-14-6-9-25-10-7-14/h2-12,20,28H,13H2,1H3/b21-19+. The van der Waals surface area contributed by atoms with E-state index < -0.39 is 29.3 Å². The Hall–Kier alpha value is -4.07. The van der Waals surface area contributed by atoms with Crippen molar-refractivity contribution in [1.82, 2.24) is 14.9 Å². The van der Waals surface area contributed by atoms with Gasteiger partial charge in [0.25, 0.3) is 11.7 Å². The minimum absolute atomic E-state index is 0.0155. The van der Waals surface area contributed by atoms with E-state index in [1.54, 1.807) is 42.9 Å². The van der Waals surface area contributed by atoms with Crippen LogP contribution in [-0.2, 0) is 16.1 Å². The largest absolute Gasteiger partial charge is 0.507 e. The summed E-state index contributed by atoms with van der Waals surface area (Å²) in [7, 11) is 1.37. The molecule has 3 heterocycles. The fourth-order valence-electron chi connectivity index (χ4n) is 3.62. The highest BCUT2D eigenvalue weighted by Gasteiger charge is 2.46. The van der Waals surface area contributed by atoms with Gasteiger partial charge >= 0.3 is 0 Å². The second-order valence-corrected chi connectivity index (χ2v) is 6.91. The maximum absolute atomic E-state index is 13.9. The van der Waals surface area contributed by atoms with Crippen LogP contribution in [0.15, 0.2) is 72.8 Å². The van der Waals surface area contributed by atoms with E-state index in [2.05, 4.69) is 9.97 Å². The van der Waals surface area contributed by atoms with Gasteiger partial charge in [0.1, 0.15) is 17.3 Å². The van der Waals surface area contributed by atoms with Gasteiger partial charge in [0.15, 0.2) is 0 Å². The van der Waals surface area contributed by atoms with Gasteiger partial charge in [-0.3, -0.25) is 19.6 Å². The van der Waals surface area contributed by atoms with Gasteiger partial charge in [-0.2, -0.15) is 0 Å². The smallest absolute Gasteiger partial charge is 0.295 e. The van der Waals surface area contributed by atoms with E-state index in [4.69, 9.17) is 4.74 Å². The van der Waals surface area contributed by atoms with Crippen LogP contribution in [0.1, 0.15) is 22.7 Å². The Balaban J connectivity index is 1.90. The average Bonchev–Trinajstić information content (AvgIpc) is 3.04. The SMILES string of the molecule is COc1ccc(F)cc1/C(O)=C1\C(=O)C(=O)N(Cc2ccncc2)C1c1cccnc1. The summed E-state index contributed by atoms with van der Waals surface area (Å²) in [6.45, 7) is 0.115. The Labute approximate surface area is 177 Å². The number of hydrogen-bond donors (Lipinski definition) is 1. The Morgan fingerprint density at radius 3 is 2.58 bits per heavy atom. The van der Waals surface area contributed by atoms with E-state index in [0.29, 0.717) is 5.56 Å². The zero-order valence-corrected chi connectivity index (χ0v) is 16.5. The van der Waals surface area contributed by atoms with Crippen LogP contribution in [-0.4, -0.2) is 38.8 Å². The minimum atomic E-state index is -0.908. The van der Waals surface area contributed by atoms with Crippen LogP contribution in [0, 0.1) is 5.82 Å². The Morgan fingerprint density at radius 2 is 1.90 bits per heavy atom. The molecule has 1 N–H and O–H groups in total. The first-order chi connectivity index (χ1) is 15.0. The number of ketones is 1. The number of rotatable bonds is 5. The first-order valence-electron chi connectivity index (χ1n) is 9.42. The van der Waals surface area contributed by atoms with Crippen molar-refractivity contribution in [2.75, 3.05) is 7.11 Å². The molecule has 8 heteroatoms. The number of aromatic nitrogens is 2. The van der Waals surface area contributed by atoms with Crippen molar-refractivity contribution in [3.8, 4) is 5.75 Å². The molecule has 3 aromatic rings. The number of carbonyl (C=O) groups excluding carboxylic acids is 2. The summed E-state index contributed by atoms with van der Waals surface area (Å²) in [5.74, 6) is -2.61. The Morgan fingerprint density at radius 1 is 1.13 bits per heavy atom. The normalized spacial score (nSPS) is 17.7. The number of carbonyl (C=O) groups is 2. The van der Waals surface area contributed by atoms with E-state index >= 15 is 0 Å². The molecule has 0 bridgehead atoms. The quantitative estimate of drug-likeness (QED) is 0.388. The number of benzene rings is 1. The number of aliphatic hydroxyl groups is 1. The number of hydrogen-bond acceptors (Lipinski definition) is 6. The summed E-state index contributed by atoms with van der Waals surface area (Å²) in [5.41, 5.74) is 1.12. The molecule has 4 rings (SSSR count). The predicted molar refractivity (Wildman–Crippen MR) is 109 cm³/mol. The number of amides is 1. The number of pyridine rings is 2. The third kappa shape index (κ3) is 3.75. The van der Waals surface area contributed by atoms with E-state index in [-0.39, 0.29) is 23.4 Å². The first kappa shape index (κ1) is 20.2. The number of Topliss-reactive ketones (excluding diaryl/α,β-unsaturated/α-hetero) is 1. The molecule has 1 aliphatic rings. The predicted octanol–water partition coefficient (Wildman–Crippen LogP) is 3.25. The van der Waals surface area contributed by atoms with Gasteiger partial charge in [0, 0.05) is 31.3 Å². The molecule has 2 aromatic heterocycles. The lowest BCUT2D eigenvalue weighted by Gasteiger charge is -2.25. The number of halogens is 1. The maximum atomic E-state index is 13.9. The van der Waals surface area contributed by atoms with Crippen LogP contribution < -0.4 is 4.74 Å². The van der Waals surface area contributed by atoms with Crippen molar-refractivity contribution < 1.29 is 23.8 Å². The fraction of sp³-hybridized carbons (Fsp3) is 0.130. The Bertz CT molecular complexity index is 1170. The monoisotopic (exact) mass is 419 g/mol. The minimum Gasteiger partial charge on any atom is -0.507 e. The highest BCUT2D eigenvalue weighted by molar-refractivity contribution is 6.46. The highest BCUT2D eigenvalue weighted by Crippen LogP contribution is 2.41. The summed E-state index contributed by atoms with van der Waals surface area (Å²) in [6.07, 6.45) is 6.26. The van der Waals surface area contributed by atoms with Gasteiger partial charge < -0.3 is 14.7 Å². The topological polar surface area (TPSA) is 92.6 Å². The van der Waals surface area contributed by atoms with Crippen molar-refractivity contribution >= 4 is 17.4 Å². The molecule has 0 spiro atoms. The van der Waals surface area contributed by atoms with Crippen LogP contribution in [0.3, 0.4) is 0 Å². The van der Waals surface area contributed by atoms with Crippen molar-refractivity contribution in [2.24, 2.45) is 0 Å². The van der Waals surface area contributed by atoms with E-state index in [9.17, 15) is 19.1 Å². The summed E-state index contributed by atoms with van der Waals surface area (Å²) >= 11 is 0. The van der Waals surface area contributed by atoms with Crippen molar-refractivity contribution in [1.29, 1.82) is 0 Å². The molecule has 0 saturated carbocycles. The van der Waals surface area contributed by atoms with Gasteiger partial charge in [-0.05, 0) is 47.5 Å². The second kappa shape index (κ2) is 8.35. The van der Waals surface area contributed by atoms with E-state index in [0.717, 1.165) is 11.6 Å². The van der Waals surface area contributed by atoms with E-state index in [1.807, 2.05) is 0 Å². The fourth-order valence-corrected chi connectivity index (χ4v) is 3.62. The zero-order chi connectivity index (χ0) is 22.0. The molecular weight excluding hydrogens is 401 g/mol. The molecule has 1 fully saturated rings. The third-order valence-electron chi connectivity index (χ3n) is 5.06. The second-order valence-electron chi connectivity index (χ2n) is 6.91. The first-order valence-corrected chi connectivity index (χ1v) is 9.42. The number of aliphatic hydroxyl groups excluding tert-OH is 1. The molecule has 1 saturated heterocycles. The molecule has 7 nitrogen and oxygen atoms in total. The third-order valence-corrected chi connectivity index (χ3v) is 5.06.